The Bertz CT molecular complexity index is 1330. The van der Waals surface area contributed by atoms with E-state index in [2.05, 4.69) is 51.2 Å². The smallest absolute Gasteiger partial charge is 0.306 e. The number of hydrogen-bond donors (Lipinski definition) is 0. The Morgan fingerprint density at radius 1 is 0.333 bits per heavy atom. The number of unbranched alkanes of at least 4 members (excludes halogenated alkanes) is 22. The zero-order valence-corrected chi connectivity index (χ0v) is 40.5. The van der Waals surface area contributed by atoms with E-state index >= 15 is 0 Å². The summed E-state index contributed by atoms with van der Waals surface area (Å²) in [6.07, 6.45) is 67.9. The van der Waals surface area contributed by atoms with Crippen LogP contribution in [0.1, 0.15) is 213 Å². The lowest BCUT2D eigenvalue weighted by molar-refractivity contribution is -0.167. The highest BCUT2D eigenvalue weighted by Gasteiger charge is 2.19. The molecular weight excluding hydrogens is 781 g/mol. The first-order valence-electron chi connectivity index (χ1n) is 25.5. The molecule has 356 valence electrons. The van der Waals surface area contributed by atoms with Crippen LogP contribution in [0.5, 0.6) is 0 Å². The molecule has 6 nitrogen and oxygen atoms in total. The van der Waals surface area contributed by atoms with Crippen LogP contribution in [0.2, 0.25) is 0 Å². The second-order valence-electron chi connectivity index (χ2n) is 16.5. The Kier molecular flexibility index (Phi) is 47.5. The highest BCUT2D eigenvalue weighted by molar-refractivity contribution is 5.71. The van der Waals surface area contributed by atoms with Gasteiger partial charge in [-0.3, -0.25) is 14.4 Å². The molecule has 0 saturated carbocycles. The summed E-state index contributed by atoms with van der Waals surface area (Å²) in [5.41, 5.74) is 0. The standard InChI is InChI=1S/C57H92O6/c1-4-7-10-13-16-19-22-25-27-28-30-32-35-38-41-44-47-50-56(59)62-53-54(52-61-55(58)49-46-43-40-37-34-31-24-21-18-15-12-9-6-3)63-57(60)51-48-45-42-39-36-33-29-26-23-20-17-14-11-8-5-2/h8-9,11-12,14-15,17-18,20-21,23-24,26,29,31,34,37,40,54H,4-7,10,13,16,19,22,25,27-28,30,32-33,35-36,38-39,41-53H2,1-3H3/b11-8+,12-9+,17-14+,18-15+,23-20+,24-21+,29-26+,34-31+,40-37+. The van der Waals surface area contributed by atoms with Crippen LogP contribution in [-0.4, -0.2) is 37.2 Å². The van der Waals surface area contributed by atoms with Gasteiger partial charge in [-0.2, -0.15) is 0 Å². The van der Waals surface area contributed by atoms with Crippen molar-refractivity contribution in [2.45, 2.75) is 219 Å². The van der Waals surface area contributed by atoms with Crippen molar-refractivity contribution >= 4 is 17.9 Å². The predicted molar refractivity (Wildman–Crippen MR) is 270 cm³/mol. The van der Waals surface area contributed by atoms with Gasteiger partial charge in [0.05, 0.1) is 0 Å². The van der Waals surface area contributed by atoms with Crippen LogP contribution in [0.25, 0.3) is 0 Å². The molecule has 0 aliphatic rings. The van der Waals surface area contributed by atoms with Crippen molar-refractivity contribution in [2.75, 3.05) is 13.2 Å². The molecule has 0 aromatic rings. The summed E-state index contributed by atoms with van der Waals surface area (Å²) < 4.78 is 16.7. The fourth-order valence-corrected chi connectivity index (χ4v) is 6.72. The second-order valence-corrected chi connectivity index (χ2v) is 16.5. The fourth-order valence-electron chi connectivity index (χ4n) is 6.72. The van der Waals surface area contributed by atoms with E-state index in [9.17, 15) is 14.4 Å². The highest BCUT2D eigenvalue weighted by atomic mass is 16.6. The predicted octanol–water partition coefficient (Wildman–Crippen LogP) is 16.8. The second kappa shape index (κ2) is 50.7. The first-order valence-corrected chi connectivity index (χ1v) is 25.5. The maximum Gasteiger partial charge on any atom is 0.306 e. The molecule has 0 fully saturated rings. The van der Waals surface area contributed by atoms with Gasteiger partial charge in [-0.1, -0.05) is 252 Å². The number of carbonyl (C=O) groups excluding carboxylic acids is 3. The summed E-state index contributed by atoms with van der Waals surface area (Å²) in [5.74, 6) is -1.02. The third-order valence-corrected chi connectivity index (χ3v) is 10.5. The van der Waals surface area contributed by atoms with Crippen molar-refractivity contribution < 1.29 is 28.6 Å². The molecule has 0 saturated heterocycles. The van der Waals surface area contributed by atoms with Crippen LogP contribution in [0.4, 0.5) is 0 Å². The van der Waals surface area contributed by atoms with E-state index < -0.39 is 6.10 Å². The molecule has 0 bridgehead atoms. The number of allylic oxidation sites excluding steroid dienone is 18. The molecule has 0 aromatic carbocycles. The average molecular weight is 873 g/mol. The van der Waals surface area contributed by atoms with Crippen LogP contribution in [0.3, 0.4) is 0 Å². The maximum atomic E-state index is 12.8. The lowest BCUT2D eigenvalue weighted by Gasteiger charge is -2.18. The number of rotatable bonds is 44. The summed E-state index contributed by atoms with van der Waals surface area (Å²) in [6.45, 7) is 6.27. The van der Waals surface area contributed by atoms with Gasteiger partial charge in [-0.15, -0.1) is 0 Å². The summed E-state index contributed by atoms with van der Waals surface area (Å²) in [4.78, 5) is 37.9. The summed E-state index contributed by atoms with van der Waals surface area (Å²) in [6, 6.07) is 0. The number of carbonyl (C=O) groups is 3. The molecule has 0 aromatic heterocycles. The molecule has 0 aliphatic carbocycles. The van der Waals surface area contributed by atoms with E-state index in [4.69, 9.17) is 14.2 Å². The monoisotopic (exact) mass is 873 g/mol. The summed E-state index contributed by atoms with van der Waals surface area (Å²) in [5, 5.41) is 0. The zero-order valence-electron chi connectivity index (χ0n) is 40.5. The maximum absolute atomic E-state index is 12.8. The lowest BCUT2D eigenvalue weighted by atomic mass is 10.0. The van der Waals surface area contributed by atoms with E-state index in [0.29, 0.717) is 12.8 Å². The Balaban J connectivity index is 4.50. The Labute approximate surface area is 387 Å². The van der Waals surface area contributed by atoms with Crippen molar-refractivity contribution in [2.24, 2.45) is 0 Å². The van der Waals surface area contributed by atoms with Gasteiger partial charge in [0.25, 0.3) is 0 Å². The average Bonchev–Trinajstić information content (AvgIpc) is 3.28. The van der Waals surface area contributed by atoms with Gasteiger partial charge in [0.2, 0.25) is 0 Å². The topological polar surface area (TPSA) is 78.9 Å². The number of ether oxygens (including phenoxy) is 3. The van der Waals surface area contributed by atoms with Crippen LogP contribution in [0, 0.1) is 0 Å². The molecule has 1 unspecified atom stereocenters. The summed E-state index contributed by atoms with van der Waals surface area (Å²) >= 11 is 0. The van der Waals surface area contributed by atoms with E-state index in [1.165, 1.54) is 89.9 Å². The Morgan fingerprint density at radius 3 is 1.03 bits per heavy atom. The third kappa shape index (κ3) is 49.0. The normalized spacial score (nSPS) is 13.0. The molecule has 0 rings (SSSR count). The third-order valence-electron chi connectivity index (χ3n) is 10.5. The van der Waals surface area contributed by atoms with E-state index in [0.717, 1.165) is 77.0 Å². The van der Waals surface area contributed by atoms with E-state index in [-0.39, 0.29) is 44.0 Å². The molecular formula is C57H92O6. The Morgan fingerprint density at radius 2 is 0.635 bits per heavy atom. The van der Waals surface area contributed by atoms with Crippen molar-refractivity contribution in [1.82, 2.24) is 0 Å². The van der Waals surface area contributed by atoms with Crippen LogP contribution < -0.4 is 0 Å². The van der Waals surface area contributed by atoms with Crippen LogP contribution in [0.15, 0.2) is 109 Å². The SMILES string of the molecule is CC/C=C/C=C/C=C/C=C/C=C/CCCC(=O)OCC(COC(=O)CCCCCCCCCCCCCCCCCCC)OC(=O)CCCCCCC/C=C/C=C/C=C/C=C/CC. The first-order chi connectivity index (χ1) is 31.0. The molecule has 0 spiro atoms. The fraction of sp³-hybridized carbons (Fsp3) is 0.632. The van der Waals surface area contributed by atoms with Crippen molar-refractivity contribution in [3.8, 4) is 0 Å². The van der Waals surface area contributed by atoms with Gasteiger partial charge in [-0.05, 0) is 51.4 Å². The molecule has 0 amide bonds. The largest absolute Gasteiger partial charge is 0.462 e. The van der Waals surface area contributed by atoms with E-state index in [1.54, 1.807) is 0 Å². The van der Waals surface area contributed by atoms with Gasteiger partial charge in [0.15, 0.2) is 6.10 Å². The number of esters is 3. The van der Waals surface area contributed by atoms with Gasteiger partial charge in [-0.25, -0.2) is 0 Å². The molecule has 6 heteroatoms. The van der Waals surface area contributed by atoms with Crippen molar-refractivity contribution in [3.63, 3.8) is 0 Å². The van der Waals surface area contributed by atoms with Gasteiger partial charge >= 0.3 is 17.9 Å². The van der Waals surface area contributed by atoms with Crippen LogP contribution >= 0.6 is 0 Å². The first kappa shape index (κ1) is 59.1. The molecule has 0 N–H and O–H groups in total. The van der Waals surface area contributed by atoms with Crippen molar-refractivity contribution in [3.05, 3.63) is 109 Å². The Hall–Kier alpha value is -3.93. The van der Waals surface area contributed by atoms with Crippen LogP contribution in [-0.2, 0) is 28.6 Å². The minimum Gasteiger partial charge on any atom is -0.462 e. The lowest BCUT2D eigenvalue weighted by Crippen LogP contribution is -2.30. The molecule has 63 heavy (non-hydrogen) atoms. The minimum atomic E-state index is -0.819. The minimum absolute atomic E-state index is 0.111. The molecule has 0 heterocycles. The van der Waals surface area contributed by atoms with Gasteiger partial charge in [0.1, 0.15) is 13.2 Å². The molecule has 0 radical (unpaired) electrons. The van der Waals surface area contributed by atoms with Gasteiger partial charge < -0.3 is 14.2 Å². The highest BCUT2D eigenvalue weighted by Crippen LogP contribution is 2.15. The summed E-state index contributed by atoms with van der Waals surface area (Å²) in [7, 11) is 0. The zero-order chi connectivity index (χ0) is 45.8. The van der Waals surface area contributed by atoms with E-state index in [1.807, 2.05) is 79.0 Å². The number of hydrogen-bond acceptors (Lipinski definition) is 6. The van der Waals surface area contributed by atoms with Gasteiger partial charge in [0, 0.05) is 19.3 Å². The molecule has 1 atom stereocenters. The molecule has 0 aliphatic heterocycles. The van der Waals surface area contributed by atoms with Crippen molar-refractivity contribution in [1.29, 1.82) is 0 Å². The quantitative estimate of drug-likeness (QED) is 0.0263.